The minimum Gasteiger partial charge on any atom is -0.346 e. The molecule has 0 saturated heterocycles. The molecule has 3 atom stereocenters. The number of ketones is 1. The molecule has 130 valence electrons. The molecule has 2 saturated carbocycles. The first-order valence-corrected chi connectivity index (χ1v) is 8.81. The van der Waals surface area contributed by atoms with Crippen molar-refractivity contribution in [2.45, 2.75) is 38.6 Å². The zero-order valence-corrected chi connectivity index (χ0v) is 14.1. The Morgan fingerprint density at radius 3 is 2.56 bits per heavy atom. The highest BCUT2D eigenvalue weighted by Gasteiger charge is 2.43. The molecule has 1 aromatic carbocycles. The Kier molecular flexibility index (Phi) is 4.07. The summed E-state index contributed by atoms with van der Waals surface area (Å²) in [4.78, 5) is 24.7. The van der Waals surface area contributed by atoms with Gasteiger partial charge < -0.3 is 5.32 Å². The minimum atomic E-state index is -0.307. The van der Waals surface area contributed by atoms with Crippen LogP contribution in [0.5, 0.6) is 0 Å². The van der Waals surface area contributed by atoms with Gasteiger partial charge in [0.05, 0.1) is 11.7 Å². The zero-order chi connectivity index (χ0) is 17.4. The van der Waals surface area contributed by atoms with E-state index in [0.29, 0.717) is 24.4 Å². The number of Topliss-reactive ketones (excluding diaryl/α,β-unsaturated/α-hetero) is 1. The van der Waals surface area contributed by atoms with Crippen LogP contribution in [0.2, 0.25) is 0 Å². The molecular weight excluding hydrogens is 318 g/mol. The number of carbonyl (C=O) groups excluding carboxylic acids is 2. The highest BCUT2D eigenvalue weighted by molar-refractivity contribution is 5.89. The number of hydrogen-bond acceptors (Lipinski definition) is 5. The number of amides is 1. The highest BCUT2D eigenvalue weighted by atomic mass is 16.2. The number of rotatable bonds is 4. The molecule has 1 aromatic heterocycles. The van der Waals surface area contributed by atoms with Gasteiger partial charge in [-0.05, 0) is 55.2 Å². The third-order valence-electron chi connectivity index (χ3n) is 5.42. The van der Waals surface area contributed by atoms with E-state index in [1.54, 1.807) is 4.68 Å². The lowest BCUT2D eigenvalue weighted by atomic mass is 9.79. The molecule has 1 amide bonds. The Morgan fingerprint density at radius 2 is 1.88 bits per heavy atom. The first-order chi connectivity index (χ1) is 12.1. The van der Waals surface area contributed by atoms with Crippen LogP contribution in [0.25, 0.3) is 5.69 Å². The molecule has 2 aliphatic rings. The Hall–Kier alpha value is -2.57. The highest BCUT2D eigenvalue weighted by Crippen LogP contribution is 2.42. The normalized spacial score (nSPS) is 26.4. The molecule has 7 nitrogen and oxygen atoms in total. The van der Waals surface area contributed by atoms with E-state index in [1.165, 1.54) is 0 Å². The third kappa shape index (κ3) is 2.94. The van der Waals surface area contributed by atoms with Gasteiger partial charge in [0.1, 0.15) is 5.78 Å². The molecule has 0 radical (unpaired) electrons. The quantitative estimate of drug-likeness (QED) is 0.918. The summed E-state index contributed by atoms with van der Waals surface area (Å²) in [6.45, 7) is 1.88. The van der Waals surface area contributed by atoms with E-state index < -0.39 is 0 Å². The SMILES string of the molecule is CC(NC(=O)C1CC2CCC(C1)C2=O)c1nnnn1-c1ccccc1. The van der Waals surface area contributed by atoms with Gasteiger partial charge in [-0.25, -0.2) is 0 Å². The number of carbonyl (C=O) groups is 2. The Labute approximate surface area is 145 Å². The van der Waals surface area contributed by atoms with Gasteiger partial charge in [-0.1, -0.05) is 18.2 Å². The van der Waals surface area contributed by atoms with Crippen molar-refractivity contribution in [2.24, 2.45) is 17.8 Å². The van der Waals surface area contributed by atoms with Crippen LogP contribution in [-0.2, 0) is 9.59 Å². The van der Waals surface area contributed by atoms with Gasteiger partial charge in [-0.3, -0.25) is 9.59 Å². The average Bonchev–Trinajstić information content (AvgIpc) is 3.17. The van der Waals surface area contributed by atoms with E-state index in [2.05, 4.69) is 20.8 Å². The molecule has 4 rings (SSSR count). The minimum absolute atomic E-state index is 0.000452. The lowest BCUT2D eigenvalue weighted by Crippen LogP contribution is -2.39. The van der Waals surface area contributed by atoms with Crippen LogP contribution in [0.15, 0.2) is 30.3 Å². The summed E-state index contributed by atoms with van der Waals surface area (Å²) < 4.78 is 1.64. The number of aromatic nitrogens is 4. The van der Waals surface area contributed by atoms with Gasteiger partial charge in [-0.2, -0.15) is 4.68 Å². The largest absolute Gasteiger partial charge is 0.346 e. The van der Waals surface area contributed by atoms with E-state index in [-0.39, 0.29) is 29.7 Å². The molecule has 0 aliphatic heterocycles. The van der Waals surface area contributed by atoms with Crippen molar-refractivity contribution >= 4 is 11.7 Å². The second kappa shape index (κ2) is 6.38. The maximum atomic E-state index is 12.7. The molecule has 25 heavy (non-hydrogen) atoms. The van der Waals surface area contributed by atoms with E-state index in [9.17, 15) is 9.59 Å². The number of nitrogens with one attached hydrogen (secondary N) is 1. The van der Waals surface area contributed by atoms with Gasteiger partial charge in [0, 0.05) is 17.8 Å². The van der Waals surface area contributed by atoms with Crippen LogP contribution >= 0.6 is 0 Å². The second-order valence-corrected chi connectivity index (χ2v) is 7.06. The first kappa shape index (κ1) is 15.9. The van der Waals surface area contributed by atoms with Crippen molar-refractivity contribution in [1.82, 2.24) is 25.5 Å². The molecule has 0 spiro atoms. The lowest BCUT2D eigenvalue weighted by molar-refractivity contribution is -0.132. The second-order valence-electron chi connectivity index (χ2n) is 7.06. The fourth-order valence-electron chi connectivity index (χ4n) is 4.10. The summed E-state index contributed by atoms with van der Waals surface area (Å²) in [5.74, 6) is 1.04. The van der Waals surface area contributed by atoms with Gasteiger partial charge in [0.15, 0.2) is 5.82 Å². The topological polar surface area (TPSA) is 89.8 Å². The van der Waals surface area contributed by atoms with E-state index >= 15 is 0 Å². The molecule has 2 aliphatic carbocycles. The Balaban J connectivity index is 1.46. The summed E-state index contributed by atoms with van der Waals surface area (Å²) in [5.41, 5.74) is 0.852. The number of benzene rings is 1. The molecule has 1 N–H and O–H groups in total. The third-order valence-corrected chi connectivity index (χ3v) is 5.42. The molecule has 3 unspecified atom stereocenters. The molecule has 2 fully saturated rings. The monoisotopic (exact) mass is 339 g/mol. The van der Waals surface area contributed by atoms with Crippen molar-refractivity contribution < 1.29 is 9.59 Å². The molecule has 7 heteroatoms. The predicted molar refractivity (Wildman–Crippen MR) is 89.7 cm³/mol. The van der Waals surface area contributed by atoms with E-state index in [1.807, 2.05) is 37.3 Å². The Morgan fingerprint density at radius 1 is 1.20 bits per heavy atom. The fourth-order valence-corrected chi connectivity index (χ4v) is 4.10. The van der Waals surface area contributed by atoms with Gasteiger partial charge in [0.2, 0.25) is 5.91 Å². The molecular formula is C18H21N5O2. The number of fused-ring (bicyclic) bond motifs is 2. The van der Waals surface area contributed by atoms with E-state index in [0.717, 1.165) is 18.5 Å². The standard InChI is InChI=1S/C18H21N5O2/c1-11(17-20-21-22-23(17)15-5-3-2-4-6-15)19-18(25)14-9-12-7-8-13(10-14)16(12)24/h2-6,11-14H,7-10H2,1H3,(H,19,25). The zero-order valence-electron chi connectivity index (χ0n) is 14.1. The molecule has 2 bridgehead atoms. The van der Waals surface area contributed by atoms with Crippen molar-refractivity contribution in [3.8, 4) is 5.69 Å². The van der Waals surface area contributed by atoms with E-state index in [4.69, 9.17) is 0 Å². The summed E-state index contributed by atoms with van der Waals surface area (Å²) in [7, 11) is 0. The summed E-state index contributed by atoms with van der Waals surface area (Å²) in [6, 6.07) is 9.28. The van der Waals surface area contributed by atoms with Crippen molar-refractivity contribution in [1.29, 1.82) is 0 Å². The maximum absolute atomic E-state index is 12.7. The average molecular weight is 339 g/mol. The van der Waals surface area contributed by atoms with Crippen LogP contribution in [0.4, 0.5) is 0 Å². The number of para-hydroxylation sites is 1. The Bertz CT molecular complexity index is 772. The van der Waals surface area contributed by atoms with Crippen molar-refractivity contribution in [2.75, 3.05) is 0 Å². The van der Waals surface area contributed by atoms with Crippen molar-refractivity contribution in [3.63, 3.8) is 0 Å². The number of hydrogen-bond donors (Lipinski definition) is 1. The first-order valence-electron chi connectivity index (χ1n) is 8.81. The van der Waals surface area contributed by atoms with Gasteiger partial charge in [-0.15, -0.1) is 5.10 Å². The van der Waals surface area contributed by atoms with Crippen molar-refractivity contribution in [3.05, 3.63) is 36.2 Å². The number of nitrogens with zero attached hydrogens (tertiary/aromatic N) is 4. The summed E-state index contributed by atoms with van der Waals surface area (Å²) in [5, 5.41) is 14.9. The van der Waals surface area contributed by atoms with Gasteiger partial charge >= 0.3 is 0 Å². The predicted octanol–water partition coefficient (Wildman–Crippen LogP) is 1.84. The maximum Gasteiger partial charge on any atom is 0.223 e. The van der Waals surface area contributed by atoms with Crippen LogP contribution in [0.1, 0.15) is 44.5 Å². The number of tetrazole rings is 1. The van der Waals surface area contributed by atoms with Crippen LogP contribution < -0.4 is 5.32 Å². The molecule has 1 heterocycles. The smallest absolute Gasteiger partial charge is 0.223 e. The summed E-state index contributed by atoms with van der Waals surface area (Å²) in [6.07, 6.45) is 3.24. The van der Waals surface area contributed by atoms with Gasteiger partial charge in [0.25, 0.3) is 0 Å². The fraction of sp³-hybridized carbons (Fsp3) is 0.500. The van der Waals surface area contributed by atoms with Crippen LogP contribution in [-0.4, -0.2) is 31.9 Å². The van der Waals surface area contributed by atoms with Crippen LogP contribution in [0, 0.1) is 17.8 Å². The molecule has 2 aromatic rings. The lowest BCUT2D eigenvalue weighted by Gasteiger charge is -2.27. The van der Waals surface area contributed by atoms with Crippen LogP contribution in [0.3, 0.4) is 0 Å². The summed E-state index contributed by atoms with van der Waals surface area (Å²) >= 11 is 0.